The number of rotatable bonds is 5. The minimum atomic E-state index is -0.930. The summed E-state index contributed by atoms with van der Waals surface area (Å²) in [7, 11) is 3.18. The number of anilines is 2. The van der Waals surface area contributed by atoms with Crippen LogP contribution in [0.15, 0.2) is 36.4 Å². The first-order valence-electron chi connectivity index (χ1n) is 6.38. The molecule has 0 aromatic heterocycles. The van der Waals surface area contributed by atoms with Gasteiger partial charge in [0.25, 0.3) is 0 Å². The fraction of sp³-hybridized carbons (Fsp3) is 0.188. The van der Waals surface area contributed by atoms with E-state index in [1.807, 2.05) is 12.1 Å². The lowest BCUT2D eigenvalue weighted by Gasteiger charge is -2.13. The molecule has 0 aliphatic heterocycles. The molecule has 2 rings (SSSR count). The van der Waals surface area contributed by atoms with Gasteiger partial charge in [0.1, 0.15) is 11.5 Å². The van der Waals surface area contributed by atoms with Gasteiger partial charge in [-0.1, -0.05) is 0 Å². The molecule has 0 fully saturated rings. The third-order valence-electron chi connectivity index (χ3n) is 3.14. The molecular weight excluding hydrogens is 270 g/mol. The first kappa shape index (κ1) is 14.7. The quantitative estimate of drug-likeness (QED) is 0.881. The second-order valence-electron chi connectivity index (χ2n) is 4.53. The Bertz CT molecular complexity index is 667. The maximum atomic E-state index is 11.0. The van der Waals surface area contributed by atoms with Crippen molar-refractivity contribution in [3.05, 3.63) is 47.5 Å². The molecule has 2 N–H and O–H groups in total. The van der Waals surface area contributed by atoms with Gasteiger partial charge in [-0.15, -0.1) is 0 Å². The molecule has 5 nitrogen and oxygen atoms in total. The molecule has 0 amide bonds. The molecule has 0 aliphatic rings. The van der Waals surface area contributed by atoms with Crippen LogP contribution in [0.2, 0.25) is 0 Å². The fourth-order valence-corrected chi connectivity index (χ4v) is 2.04. The maximum absolute atomic E-state index is 11.0. The first-order valence-corrected chi connectivity index (χ1v) is 6.38. The zero-order valence-corrected chi connectivity index (χ0v) is 12.1. The SMILES string of the molecule is COc1ccc(Nc2ccc(C(=O)O)c(C)c2)c(OC)c1. The van der Waals surface area contributed by atoms with Gasteiger partial charge in [-0.05, 0) is 42.8 Å². The number of hydrogen-bond acceptors (Lipinski definition) is 4. The summed E-state index contributed by atoms with van der Waals surface area (Å²) in [4.78, 5) is 11.0. The van der Waals surface area contributed by atoms with E-state index in [9.17, 15) is 4.79 Å². The number of aromatic carboxylic acids is 1. The highest BCUT2D eigenvalue weighted by Gasteiger charge is 2.09. The molecule has 0 heterocycles. The highest BCUT2D eigenvalue weighted by atomic mass is 16.5. The number of carboxylic acid groups (broad SMARTS) is 1. The van der Waals surface area contributed by atoms with Crippen molar-refractivity contribution in [2.24, 2.45) is 0 Å². The number of aryl methyl sites for hydroxylation is 1. The van der Waals surface area contributed by atoms with Gasteiger partial charge >= 0.3 is 5.97 Å². The second kappa shape index (κ2) is 6.17. The Labute approximate surface area is 123 Å². The van der Waals surface area contributed by atoms with Crippen molar-refractivity contribution in [2.75, 3.05) is 19.5 Å². The zero-order valence-electron chi connectivity index (χ0n) is 12.1. The number of carbonyl (C=O) groups is 1. The normalized spacial score (nSPS) is 10.0. The van der Waals surface area contributed by atoms with Crippen molar-refractivity contribution in [3.8, 4) is 11.5 Å². The number of hydrogen-bond donors (Lipinski definition) is 2. The number of carboxylic acids is 1. The summed E-state index contributed by atoms with van der Waals surface area (Å²) in [6.45, 7) is 1.76. The monoisotopic (exact) mass is 287 g/mol. The summed E-state index contributed by atoms with van der Waals surface area (Å²) in [6, 6.07) is 10.5. The number of ether oxygens (including phenoxy) is 2. The van der Waals surface area contributed by atoms with Crippen LogP contribution in [0.4, 0.5) is 11.4 Å². The number of methoxy groups -OCH3 is 2. The molecule has 0 saturated heterocycles. The van der Waals surface area contributed by atoms with E-state index in [0.29, 0.717) is 22.6 Å². The van der Waals surface area contributed by atoms with Crippen molar-refractivity contribution in [2.45, 2.75) is 6.92 Å². The van der Waals surface area contributed by atoms with Crippen LogP contribution >= 0.6 is 0 Å². The molecule has 2 aromatic carbocycles. The van der Waals surface area contributed by atoms with Crippen molar-refractivity contribution >= 4 is 17.3 Å². The van der Waals surface area contributed by atoms with Gasteiger partial charge in [0.2, 0.25) is 0 Å². The molecule has 0 unspecified atom stereocenters. The lowest BCUT2D eigenvalue weighted by molar-refractivity contribution is 0.0696. The summed E-state index contributed by atoms with van der Waals surface area (Å²) in [5.74, 6) is 0.421. The van der Waals surface area contributed by atoms with Gasteiger partial charge in [-0.25, -0.2) is 4.79 Å². The van der Waals surface area contributed by atoms with Gasteiger partial charge in [0.05, 0.1) is 25.5 Å². The van der Waals surface area contributed by atoms with E-state index in [1.54, 1.807) is 45.4 Å². The summed E-state index contributed by atoms with van der Waals surface area (Å²) in [5.41, 5.74) is 2.56. The third-order valence-corrected chi connectivity index (χ3v) is 3.14. The van der Waals surface area contributed by atoms with Crippen molar-refractivity contribution in [1.82, 2.24) is 0 Å². The molecule has 0 atom stereocenters. The lowest BCUT2D eigenvalue weighted by Crippen LogP contribution is -2.01. The molecule has 2 aromatic rings. The molecule has 0 spiro atoms. The largest absolute Gasteiger partial charge is 0.497 e. The standard InChI is InChI=1S/C16H17NO4/c1-10-8-11(4-6-13(10)16(18)19)17-14-7-5-12(20-2)9-15(14)21-3/h4-9,17H,1-3H3,(H,18,19). The average molecular weight is 287 g/mol. The van der Waals surface area contributed by atoms with E-state index in [4.69, 9.17) is 14.6 Å². The van der Waals surface area contributed by atoms with Crippen LogP contribution in [0.3, 0.4) is 0 Å². The minimum absolute atomic E-state index is 0.294. The Morgan fingerprint density at radius 2 is 1.86 bits per heavy atom. The lowest BCUT2D eigenvalue weighted by atomic mass is 10.1. The Hall–Kier alpha value is -2.69. The molecular formula is C16H17NO4. The zero-order chi connectivity index (χ0) is 15.4. The maximum Gasteiger partial charge on any atom is 0.335 e. The molecule has 0 aliphatic carbocycles. The number of nitrogens with one attached hydrogen (secondary N) is 1. The molecule has 5 heteroatoms. The fourth-order valence-electron chi connectivity index (χ4n) is 2.04. The average Bonchev–Trinajstić information content (AvgIpc) is 2.47. The second-order valence-corrected chi connectivity index (χ2v) is 4.53. The van der Waals surface area contributed by atoms with E-state index < -0.39 is 5.97 Å². The van der Waals surface area contributed by atoms with Gasteiger partial charge in [0, 0.05) is 11.8 Å². The van der Waals surface area contributed by atoms with Gasteiger partial charge in [0.15, 0.2) is 0 Å². The smallest absolute Gasteiger partial charge is 0.335 e. The summed E-state index contributed by atoms with van der Waals surface area (Å²) in [5, 5.41) is 12.2. The summed E-state index contributed by atoms with van der Waals surface area (Å²) < 4.78 is 10.5. The van der Waals surface area contributed by atoms with Crippen LogP contribution in [-0.2, 0) is 0 Å². The van der Waals surface area contributed by atoms with Crippen LogP contribution in [0.1, 0.15) is 15.9 Å². The Kier molecular flexibility index (Phi) is 4.33. The van der Waals surface area contributed by atoms with Crippen LogP contribution in [0.25, 0.3) is 0 Å². The van der Waals surface area contributed by atoms with Crippen LogP contribution < -0.4 is 14.8 Å². The molecule has 0 radical (unpaired) electrons. The first-order chi connectivity index (χ1) is 10.0. The Morgan fingerprint density at radius 3 is 2.43 bits per heavy atom. The molecule has 110 valence electrons. The Morgan fingerprint density at radius 1 is 1.10 bits per heavy atom. The van der Waals surface area contributed by atoms with Gasteiger partial charge in [-0.3, -0.25) is 0 Å². The van der Waals surface area contributed by atoms with Gasteiger partial charge in [-0.2, -0.15) is 0 Å². The third kappa shape index (κ3) is 3.25. The van der Waals surface area contributed by atoms with E-state index in [0.717, 1.165) is 11.4 Å². The van der Waals surface area contributed by atoms with E-state index in [-0.39, 0.29) is 0 Å². The highest BCUT2D eigenvalue weighted by molar-refractivity contribution is 5.90. The van der Waals surface area contributed by atoms with E-state index in [1.165, 1.54) is 0 Å². The van der Waals surface area contributed by atoms with Gasteiger partial charge < -0.3 is 19.9 Å². The van der Waals surface area contributed by atoms with Crippen molar-refractivity contribution in [1.29, 1.82) is 0 Å². The highest BCUT2D eigenvalue weighted by Crippen LogP contribution is 2.31. The minimum Gasteiger partial charge on any atom is -0.497 e. The predicted molar refractivity (Wildman–Crippen MR) is 81.0 cm³/mol. The van der Waals surface area contributed by atoms with E-state index in [2.05, 4.69) is 5.32 Å². The summed E-state index contributed by atoms with van der Waals surface area (Å²) in [6.07, 6.45) is 0. The predicted octanol–water partition coefficient (Wildman–Crippen LogP) is 3.45. The van der Waals surface area contributed by atoms with Crippen LogP contribution in [0, 0.1) is 6.92 Å². The van der Waals surface area contributed by atoms with Crippen LogP contribution in [-0.4, -0.2) is 25.3 Å². The number of benzene rings is 2. The molecule has 21 heavy (non-hydrogen) atoms. The molecule has 0 saturated carbocycles. The molecule has 0 bridgehead atoms. The summed E-state index contributed by atoms with van der Waals surface area (Å²) >= 11 is 0. The van der Waals surface area contributed by atoms with E-state index >= 15 is 0 Å². The van der Waals surface area contributed by atoms with Crippen LogP contribution in [0.5, 0.6) is 11.5 Å². The van der Waals surface area contributed by atoms with Crippen molar-refractivity contribution in [3.63, 3.8) is 0 Å². The Balaban J connectivity index is 2.30. The topological polar surface area (TPSA) is 67.8 Å². The van der Waals surface area contributed by atoms with Crippen molar-refractivity contribution < 1.29 is 19.4 Å².